The summed E-state index contributed by atoms with van der Waals surface area (Å²) in [6, 6.07) is 10.1. The van der Waals surface area contributed by atoms with Crippen LogP contribution in [0.2, 0.25) is 0 Å². The molecule has 0 amide bonds. The van der Waals surface area contributed by atoms with Crippen LogP contribution in [0.4, 0.5) is 0 Å². The summed E-state index contributed by atoms with van der Waals surface area (Å²) < 4.78 is 9.90. The smallest absolute Gasteiger partial charge is 0.229 e. The van der Waals surface area contributed by atoms with E-state index in [4.69, 9.17) is 9.47 Å². The topological polar surface area (TPSA) is 18.5 Å². The minimum Gasteiger partial charge on any atom is -0.466 e. The van der Waals surface area contributed by atoms with Gasteiger partial charge in [-0.2, -0.15) is 0 Å². The van der Waals surface area contributed by atoms with Gasteiger partial charge in [-0.25, -0.2) is 0 Å². The van der Waals surface area contributed by atoms with Gasteiger partial charge in [0.15, 0.2) is 0 Å². The Bertz CT molecular complexity index is 206. The normalized spacial score (nSPS) is 8.73. The molecule has 1 aromatic rings. The number of hydrogen-bond acceptors (Lipinski definition) is 2. The van der Waals surface area contributed by atoms with Crippen molar-refractivity contribution in [1.82, 2.24) is 0 Å². The molecule has 57 valence electrons. The van der Waals surface area contributed by atoms with E-state index >= 15 is 0 Å². The lowest BCUT2D eigenvalue weighted by atomic mass is 10.3. The van der Waals surface area contributed by atoms with Crippen LogP contribution in [0, 0.1) is 6.07 Å². The Morgan fingerprint density at radius 3 is 2.82 bits per heavy atom. The third kappa shape index (κ3) is 2.76. The molecule has 0 fully saturated rings. The molecule has 0 N–H and O–H groups in total. The lowest BCUT2D eigenvalue weighted by molar-refractivity contribution is 0.0807. The van der Waals surface area contributed by atoms with Crippen molar-refractivity contribution in [3.8, 4) is 5.75 Å². The molecule has 1 rings (SSSR count). The highest BCUT2D eigenvalue weighted by molar-refractivity contribution is 5.19. The summed E-state index contributed by atoms with van der Waals surface area (Å²) in [6.07, 6.45) is 1.34. The second-order valence-corrected chi connectivity index (χ2v) is 1.83. The van der Waals surface area contributed by atoms with Gasteiger partial charge in [0.05, 0.1) is 6.26 Å². The second kappa shape index (κ2) is 4.39. The fourth-order valence-corrected chi connectivity index (χ4v) is 0.618. The molecule has 0 saturated heterocycles. The van der Waals surface area contributed by atoms with E-state index in [1.807, 2.05) is 12.1 Å². The average molecular weight is 149 g/mol. The summed E-state index contributed by atoms with van der Waals surface area (Å²) in [5.41, 5.74) is 0. The molecule has 2 heteroatoms. The lowest BCUT2D eigenvalue weighted by Gasteiger charge is -2.03. The predicted molar refractivity (Wildman–Crippen MR) is 42.1 cm³/mol. The largest absolute Gasteiger partial charge is 0.466 e. The summed E-state index contributed by atoms with van der Waals surface area (Å²) in [7, 11) is 0. The fraction of sp³-hybridized carbons (Fsp3) is 0.111. The van der Waals surface area contributed by atoms with E-state index in [9.17, 15) is 0 Å². The van der Waals surface area contributed by atoms with Gasteiger partial charge in [-0.1, -0.05) is 18.7 Å². The minimum atomic E-state index is 0.202. The molecule has 0 aliphatic rings. The number of rotatable bonds is 4. The first-order valence-electron chi connectivity index (χ1n) is 3.25. The van der Waals surface area contributed by atoms with Crippen molar-refractivity contribution in [2.75, 3.05) is 6.79 Å². The number of hydrogen-bond donors (Lipinski definition) is 0. The second-order valence-electron chi connectivity index (χ2n) is 1.83. The van der Waals surface area contributed by atoms with Crippen molar-refractivity contribution in [2.24, 2.45) is 0 Å². The van der Waals surface area contributed by atoms with Crippen molar-refractivity contribution >= 4 is 0 Å². The molecule has 0 aromatic heterocycles. The van der Waals surface area contributed by atoms with Gasteiger partial charge in [-0.05, 0) is 18.2 Å². The lowest BCUT2D eigenvalue weighted by Crippen LogP contribution is -1.97. The molecule has 0 heterocycles. The van der Waals surface area contributed by atoms with Gasteiger partial charge in [0.1, 0.15) is 5.75 Å². The van der Waals surface area contributed by atoms with Gasteiger partial charge in [-0.15, -0.1) is 0 Å². The van der Waals surface area contributed by atoms with Gasteiger partial charge >= 0.3 is 0 Å². The molecule has 1 aromatic carbocycles. The predicted octanol–water partition coefficient (Wildman–Crippen LogP) is 1.98. The third-order valence-corrected chi connectivity index (χ3v) is 1.10. The van der Waals surface area contributed by atoms with E-state index in [1.54, 1.807) is 12.1 Å². The van der Waals surface area contributed by atoms with Crippen molar-refractivity contribution in [2.45, 2.75) is 0 Å². The van der Waals surface area contributed by atoms with Crippen molar-refractivity contribution in [3.63, 3.8) is 0 Å². The van der Waals surface area contributed by atoms with Crippen LogP contribution in [0.5, 0.6) is 5.75 Å². The zero-order valence-electron chi connectivity index (χ0n) is 6.12. The number of benzene rings is 1. The van der Waals surface area contributed by atoms with E-state index in [1.165, 1.54) is 6.26 Å². The molecule has 11 heavy (non-hydrogen) atoms. The van der Waals surface area contributed by atoms with Gasteiger partial charge in [0, 0.05) is 0 Å². The van der Waals surface area contributed by atoms with Gasteiger partial charge in [-0.3, -0.25) is 0 Å². The fourth-order valence-electron chi connectivity index (χ4n) is 0.618. The van der Waals surface area contributed by atoms with Crippen LogP contribution >= 0.6 is 0 Å². The van der Waals surface area contributed by atoms with Gasteiger partial charge in [0.25, 0.3) is 0 Å². The van der Waals surface area contributed by atoms with E-state index in [-0.39, 0.29) is 6.79 Å². The average Bonchev–Trinajstić information content (AvgIpc) is 2.07. The highest BCUT2D eigenvalue weighted by Gasteiger charge is 1.87. The maximum absolute atomic E-state index is 5.13. The monoisotopic (exact) mass is 149 g/mol. The SMILES string of the molecule is C=COCOc1cc[c]cc1. The van der Waals surface area contributed by atoms with E-state index in [0.29, 0.717) is 0 Å². The van der Waals surface area contributed by atoms with Crippen LogP contribution in [-0.4, -0.2) is 6.79 Å². The highest BCUT2D eigenvalue weighted by atomic mass is 16.7. The van der Waals surface area contributed by atoms with E-state index in [0.717, 1.165) is 5.75 Å². The Morgan fingerprint density at radius 2 is 2.18 bits per heavy atom. The Hall–Kier alpha value is -1.44. The van der Waals surface area contributed by atoms with Crippen LogP contribution in [0.3, 0.4) is 0 Å². The summed E-state index contributed by atoms with van der Waals surface area (Å²) >= 11 is 0. The Balaban J connectivity index is 2.33. The summed E-state index contributed by atoms with van der Waals surface area (Å²) in [6.45, 7) is 3.59. The standard InChI is InChI=1S/C9H9O2/c1-2-10-8-11-9-6-4-3-5-7-9/h2,4-7H,1,8H2. The third-order valence-electron chi connectivity index (χ3n) is 1.10. The van der Waals surface area contributed by atoms with Crippen molar-refractivity contribution in [3.05, 3.63) is 43.2 Å². The molecule has 0 spiro atoms. The van der Waals surface area contributed by atoms with Crippen molar-refractivity contribution < 1.29 is 9.47 Å². The van der Waals surface area contributed by atoms with Crippen LogP contribution in [0.1, 0.15) is 0 Å². The molecule has 0 atom stereocenters. The van der Waals surface area contributed by atoms with E-state index < -0.39 is 0 Å². The molecule has 1 radical (unpaired) electrons. The maximum Gasteiger partial charge on any atom is 0.229 e. The molecule has 0 unspecified atom stereocenters. The summed E-state index contributed by atoms with van der Waals surface area (Å²) in [5, 5.41) is 0. The first kappa shape index (κ1) is 7.66. The number of ether oxygens (including phenoxy) is 2. The van der Waals surface area contributed by atoms with Crippen LogP contribution in [0.15, 0.2) is 37.1 Å². The molecular weight excluding hydrogens is 140 g/mol. The molecule has 0 bridgehead atoms. The first-order chi connectivity index (χ1) is 5.43. The van der Waals surface area contributed by atoms with Crippen molar-refractivity contribution in [1.29, 1.82) is 0 Å². The first-order valence-corrected chi connectivity index (χ1v) is 3.25. The highest BCUT2D eigenvalue weighted by Crippen LogP contribution is 2.07. The summed E-state index contributed by atoms with van der Waals surface area (Å²) in [4.78, 5) is 0. The molecule has 0 aliphatic heterocycles. The van der Waals surface area contributed by atoms with Gasteiger partial charge < -0.3 is 9.47 Å². The van der Waals surface area contributed by atoms with Crippen LogP contribution < -0.4 is 4.74 Å². The van der Waals surface area contributed by atoms with Gasteiger partial charge in [0.2, 0.25) is 6.79 Å². The van der Waals surface area contributed by atoms with E-state index in [2.05, 4.69) is 12.6 Å². The molecule has 0 saturated carbocycles. The molecular formula is C9H9O2. The quantitative estimate of drug-likeness (QED) is 0.370. The summed E-state index contributed by atoms with van der Waals surface area (Å²) in [5.74, 6) is 0.769. The Morgan fingerprint density at radius 1 is 1.45 bits per heavy atom. The van der Waals surface area contributed by atoms with Crippen LogP contribution in [0.25, 0.3) is 0 Å². The Labute approximate surface area is 66.1 Å². The Kier molecular flexibility index (Phi) is 3.06. The zero-order chi connectivity index (χ0) is 7.94. The molecule has 0 aliphatic carbocycles. The van der Waals surface area contributed by atoms with Crippen LogP contribution in [-0.2, 0) is 4.74 Å². The molecule has 2 nitrogen and oxygen atoms in total. The zero-order valence-corrected chi connectivity index (χ0v) is 6.12. The minimum absolute atomic E-state index is 0.202. The maximum atomic E-state index is 5.13.